The van der Waals surface area contributed by atoms with Gasteiger partial charge in [0.1, 0.15) is 22.3 Å². The number of carbonyl (C=O) groups is 4. The number of hydrogen-bond acceptors (Lipinski definition) is 7. The van der Waals surface area contributed by atoms with Gasteiger partial charge in [0, 0.05) is 11.8 Å². The van der Waals surface area contributed by atoms with Crippen LogP contribution in [0.2, 0.25) is 0 Å². The molecule has 1 saturated heterocycles. The molecule has 0 saturated carbocycles. The van der Waals surface area contributed by atoms with Crippen LogP contribution in [0, 0.1) is 0 Å². The first kappa shape index (κ1) is 18.8. The topological polar surface area (TPSA) is 126 Å². The molecule has 0 aromatic carbocycles. The Labute approximate surface area is 148 Å². The van der Waals surface area contributed by atoms with Crippen LogP contribution < -0.4 is 16.0 Å². The van der Waals surface area contributed by atoms with Crippen molar-refractivity contribution in [2.24, 2.45) is 0 Å². The maximum Gasteiger partial charge on any atom is 0.408 e. The van der Waals surface area contributed by atoms with Crippen LogP contribution >= 0.6 is 11.3 Å². The molecule has 1 aliphatic heterocycles. The first-order chi connectivity index (χ1) is 11.6. The molecule has 9 nitrogen and oxygen atoms in total. The summed E-state index contributed by atoms with van der Waals surface area (Å²) in [6.45, 7) is 5.40. The molecule has 25 heavy (non-hydrogen) atoms. The molecule has 1 atom stereocenters. The van der Waals surface area contributed by atoms with Crippen LogP contribution in [0.4, 0.5) is 4.79 Å². The van der Waals surface area contributed by atoms with E-state index < -0.39 is 29.6 Å². The lowest BCUT2D eigenvalue weighted by atomic mass is 10.1. The van der Waals surface area contributed by atoms with Gasteiger partial charge in [0.2, 0.25) is 11.8 Å². The fourth-order valence-corrected chi connectivity index (χ4v) is 2.74. The molecule has 0 bridgehead atoms. The highest BCUT2D eigenvalue weighted by Crippen LogP contribution is 2.12. The average molecular weight is 368 g/mol. The van der Waals surface area contributed by atoms with Crippen LogP contribution in [0.5, 0.6) is 0 Å². The zero-order valence-electron chi connectivity index (χ0n) is 14.2. The third-order valence-electron chi connectivity index (χ3n) is 3.11. The number of nitrogens with one attached hydrogen (secondary N) is 3. The standard InChI is InChI=1S/C15H20N4O5S/c1-15(2,3)24-14(23)16-6-11-17-9(7-25-11)13(22)18-8-4-5-10(20)19-12(8)21/h7-8H,4-6H2,1-3H3,(H,16,23)(H,18,22)(H,19,20,21). The van der Waals surface area contributed by atoms with Crippen molar-refractivity contribution >= 4 is 35.2 Å². The van der Waals surface area contributed by atoms with Gasteiger partial charge in [-0.2, -0.15) is 0 Å². The molecule has 3 N–H and O–H groups in total. The third-order valence-corrected chi connectivity index (χ3v) is 3.96. The van der Waals surface area contributed by atoms with E-state index in [2.05, 4.69) is 20.9 Å². The summed E-state index contributed by atoms with van der Waals surface area (Å²) in [5.41, 5.74) is -0.448. The lowest BCUT2D eigenvalue weighted by Crippen LogP contribution is -2.52. The third kappa shape index (κ3) is 5.82. The Kier molecular flexibility index (Phi) is 5.73. The second-order valence-corrected chi connectivity index (χ2v) is 7.40. The minimum absolute atomic E-state index is 0.130. The minimum atomic E-state index is -0.754. The van der Waals surface area contributed by atoms with E-state index in [9.17, 15) is 19.2 Å². The van der Waals surface area contributed by atoms with Crippen LogP contribution in [-0.2, 0) is 20.9 Å². The Morgan fingerprint density at radius 3 is 2.76 bits per heavy atom. The van der Waals surface area contributed by atoms with E-state index in [4.69, 9.17) is 4.74 Å². The Morgan fingerprint density at radius 2 is 2.12 bits per heavy atom. The van der Waals surface area contributed by atoms with Gasteiger partial charge in [-0.15, -0.1) is 11.3 Å². The first-order valence-electron chi connectivity index (χ1n) is 7.70. The van der Waals surface area contributed by atoms with Crippen LogP contribution in [0.1, 0.15) is 49.1 Å². The Morgan fingerprint density at radius 1 is 1.40 bits per heavy atom. The van der Waals surface area contributed by atoms with Crippen molar-refractivity contribution in [1.82, 2.24) is 20.9 Å². The van der Waals surface area contributed by atoms with Gasteiger partial charge in [0.25, 0.3) is 5.91 Å². The number of nitrogens with zero attached hydrogens (tertiary/aromatic N) is 1. The van der Waals surface area contributed by atoms with Gasteiger partial charge in [0.05, 0.1) is 6.54 Å². The van der Waals surface area contributed by atoms with Crippen molar-refractivity contribution in [3.8, 4) is 0 Å². The van der Waals surface area contributed by atoms with E-state index in [1.807, 2.05) is 0 Å². The van der Waals surface area contributed by atoms with Crippen molar-refractivity contribution in [1.29, 1.82) is 0 Å². The second kappa shape index (κ2) is 7.60. The second-order valence-electron chi connectivity index (χ2n) is 6.46. The van der Waals surface area contributed by atoms with Gasteiger partial charge in [-0.3, -0.25) is 19.7 Å². The average Bonchev–Trinajstić information content (AvgIpc) is 2.95. The molecule has 0 aliphatic carbocycles. The van der Waals surface area contributed by atoms with E-state index in [0.717, 1.165) is 0 Å². The first-order valence-corrected chi connectivity index (χ1v) is 8.58. The molecule has 1 aromatic rings. The maximum absolute atomic E-state index is 12.1. The fourth-order valence-electron chi connectivity index (χ4n) is 2.02. The van der Waals surface area contributed by atoms with Gasteiger partial charge >= 0.3 is 6.09 Å². The molecule has 1 aromatic heterocycles. The van der Waals surface area contributed by atoms with Gasteiger partial charge in [0.15, 0.2) is 0 Å². The quantitative estimate of drug-likeness (QED) is 0.672. The SMILES string of the molecule is CC(C)(C)OC(=O)NCc1nc(C(=O)NC2CCC(=O)NC2=O)cs1. The van der Waals surface area contributed by atoms with Crippen molar-refractivity contribution in [2.75, 3.05) is 0 Å². The van der Waals surface area contributed by atoms with Crippen molar-refractivity contribution in [3.63, 3.8) is 0 Å². The largest absolute Gasteiger partial charge is 0.444 e. The molecule has 2 heterocycles. The molecule has 2 rings (SSSR count). The minimum Gasteiger partial charge on any atom is -0.444 e. The number of aromatic nitrogens is 1. The van der Waals surface area contributed by atoms with Gasteiger partial charge in [-0.25, -0.2) is 9.78 Å². The summed E-state index contributed by atoms with van der Waals surface area (Å²) >= 11 is 1.20. The van der Waals surface area contributed by atoms with Crippen LogP contribution in [-0.4, -0.2) is 40.4 Å². The molecule has 1 unspecified atom stereocenters. The highest BCUT2D eigenvalue weighted by Gasteiger charge is 2.28. The molecular formula is C15H20N4O5S. The number of alkyl carbamates (subject to hydrolysis) is 1. The molecule has 136 valence electrons. The Bertz CT molecular complexity index is 694. The van der Waals surface area contributed by atoms with Gasteiger partial charge in [-0.1, -0.05) is 0 Å². The molecule has 0 radical (unpaired) electrons. The van der Waals surface area contributed by atoms with Gasteiger partial charge in [-0.05, 0) is 27.2 Å². The summed E-state index contributed by atoms with van der Waals surface area (Å²) < 4.78 is 5.11. The molecular weight excluding hydrogens is 348 g/mol. The predicted octanol–water partition coefficient (Wildman–Crippen LogP) is 0.703. The fraction of sp³-hybridized carbons (Fsp3) is 0.533. The lowest BCUT2D eigenvalue weighted by molar-refractivity contribution is -0.134. The monoisotopic (exact) mass is 368 g/mol. The van der Waals surface area contributed by atoms with Crippen LogP contribution in [0.25, 0.3) is 0 Å². The summed E-state index contributed by atoms with van der Waals surface area (Å²) in [5.74, 6) is -1.37. The molecule has 4 amide bonds. The van der Waals surface area contributed by atoms with Crippen molar-refractivity contribution in [3.05, 3.63) is 16.1 Å². The number of imide groups is 1. The van der Waals surface area contributed by atoms with E-state index in [0.29, 0.717) is 5.01 Å². The smallest absolute Gasteiger partial charge is 0.408 e. The predicted molar refractivity (Wildman–Crippen MR) is 88.8 cm³/mol. The van der Waals surface area contributed by atoms with Crippen LogP contribution in [0.15, 0.2) is 5.38 Å². The van der Waals surface area contributed by atoms with E-state index in [-0.39, 0.29) is 31.0 Å². The van der Waals surface area contributed by atoms with E-state index in [1.165, 1.54) is 16.7 Å². The van der Waals surface area contributed by atoms with E-state index >= 15 is 0 Å². The summed E-state index contributed by atoms with van der Waals surface area (Å²) in [5, 5.41) is 9.33. The molecule has 0 spiro atoms. The lowest BCUT2D eigenvalue weighted by Gasteiger charge is -2.21. The highest BCUT2D eigenvalue weighted by molar-refractivity contribution is 7.09. The zero-order valence-corrected chi connectivity index (χ0v) is 15.0. The number of piperidine rings is 1. The van der Waals surface area contributed by atoms with Gasteiger partial charge < -0.3 is 15.4 Å². The number of ether oxygens (including phenoxy) is 1. The Hall–Kier alpha value is -2.49. The normalized spacial score (nSPS) is 17.6. The number of thiazole rings is 1. The summed E-state index contributed by atoms with van der Waals surface area (Å²) in [4.78, 5) is 50.6. The summed E-state index contributed by atoms with van der Waals surface area (Å²) in [6.07, 6.45) is -0.135. The number of hydrogen-bond donors (Lipinski definition) is 3. The van der Waals surface area contributed by atoms with Crippen molar-refractivity contribution < 1.29 is 23.9 Å². The summed E-state index contributed by atoms with van der Waals surface area (Å²) in [6, 6.07) is -0.754. The highest BCUT2D eigenvalue weighted by atomic mass is 32.1. The number of amides is 4. The summed E-state index contributed by atoms with van der Waals surface area (Å²) in [7, 11) is 0. The molecule has 10 heteroatoms. The van der Waals surface area contributed by atoms with Crippen molar-refractivity contribution in [2.45, 2.75) is 51.8 Å². The Balaban J connectivity index is 1.86. The molecule has 1 aliphatic rings. The molecule has 1 fully saturated rings. The number of carbonyl (C=O) groups excluding carboxylic acids is 4. The zero-order chi connectivity index (χ0) is 18.6. The maximum atomic E-state index is 12.1. The number of rotatable bonds is 4. The van der Waals surface area contributed by atoms with Crippen LogP contribution in [0.3, 0.4) is 0 Å². The van der Waals surface area contributed by atoms with E-state index in [1.54, 1.807) is 20.8 Å².